The van der Waals surface area contributed by atoms with Crippen molar-refractivity contribution in [3.05, 3.63) is 71.3 Å². The van der Waals surface area contributed by atoms with Crippen molar-refractivity contribution in [2.24, 2.45) is 0 Å². The van der Waals surface area contributed by atoms with E-state index in [0.29, 0.717) is 12.6 Å². The molecule has 1 fully saturated rings. The third-order valence-electron chi connectivity index (χ3n) is 5.63. The highest BCUT2D eigenvalue weighted by molar-refractivity contribution is 5.30. The van der Waals surface area contributed by atoms with Gasteiger partial charge in [-0.15, -0.1) is 0 Å². The highest BCUT2D eigenvalue weighted by Gasteiger charge is 2.37. The molecule has 1 aliphatic rings. The predicted molar refractivity (Wildman–Crippen MR) is 119 cm³/mol. The molecule has 1 heterocycles. The number of hydrogen-bond acceptors (Lipinski definition) is 4. The van der Waals surface area contributed by atoms with Crippen molar-refractivity contribution in [3.63, 3.8) is 0 Å². The molecule has 4 nitrogen and oxygen atoms in total. The molecule has 31 heavy (non-hydrogen) atoms. The van der Waals surface area contributed by atoms with Gasteiger partial charge in [-0.2, -0.15) is 0 Å². The standard InChI is InChI=1S/C25H34F2N2O2/c1-24(2)13-21(14-25(3,4)29-24)28-15-22(30)16-31-23(17-5-9-19(26)10-6-17)18-7-11-20(27)12-8-18/h5-12,21-23,28-30H,13-16H2,1-4H3/t22-/m1/s1. The summed E-state index contributed by atoms with van der Waals surface area (Å²) in [4.78, 5) is 0. The van der Waals surface area contributed by atoms with E-state index in [4.69, 9.17) is 4.74 Å². The Labute approximate surface area is 184 Å². The minimum atomic E-state index is -0.704. The van der Waals surface area contributed by atoms with Crippen molar-refractivity contribution in [1.29, 1.82) is 0 Å². The van der Waals surface area contributed by atoms with E-state index in [2.05, 4.69) is 38.3 Å². The van der Waals surface area contributed by atoms with Crippen LogP contribution in [-0.2, 0) is 4.74 Å². The van der Waals surface area contributed by atoms with E-state index in [0.717, 1.165) is 24.0 Å². The van der Waals surface area contributed by atoms with Gasteiger partial charge in [0.1, 0.15) is 17.7 Å². The Morgan fingerprint density at radius 1 is 0.935 bits per heavy atom. The molecule has 0 aliphatic carbocycles. The fourth-order valence-corrected chi connectivity index (χ4v) is 4.70. The molecule has 0 saturated carbocycles. The van der Waals surface area contributed by atoms with E-state index in [-0.39, 0.29) is 29.3 Å². The second kappa shape index (κ2) is 9.74. The Kier molecular flexibility index (Phi) is 7.47. The molecule has 0 radical (unpaired) electrons. The number of benzene rings is 2. The first kappa shape index (κ1) is 23.8. The van der Waals surface area contributed by atoms with E-state index >= 15 is 0 Å². The molecule has 170 valence electrons. The van der Waals surface area contributed by atoms with Gasteiger partial charge in [0, 0.05) is 23.7 Å². The Morgan fingerprint density at radius 2 is 1.39 bits per heavy atom. The summed E-state index contributed by atoms with van der Waals surface area (Å²) in [5, 5.41) is 17.7. The van der Waals surface area contributed by atoms with Crippen LogP contribution in [0.3, 0.4) is 0 Å². The summed E-state index contributed by atoms with van der Waals surface area (Å²) in [7, 11) is 0. The maximum atomic E-state index is 13.4. The molecule has 3 rings (SSSR count). The fraction of sp³-hybridized carbons (Fsp3) is 0.520. The molecule has 0 spiro atoms. The minimum absolute atomic E-state index is 0.0249. The lowest BCUT2D eigenvalue weighted by atomic mass is 9.79. The molecular weight excluding hydrogens is 398 g/mol. The third kappa shape index (κ3) is 7.07. The van der Waals surface area contributed by atoms with Gasteiger partial charge in [-0.05, 0) is 75.9 Å². The van der Waals surface area contributed by atoms with Gasteiger partial charge in [0.25, 0.3) is 0 Å². The number of piperidine rings is 1. The van der Waals surface area contributed by atoms with Crippen LogP contribution in [0.25, 0.3) is 0 Å². The second-order valence-corrected chi connectivity index (χ2v) is 9.88. The van der Waals surface area contributed by atoms with Gasteiger partial charge in [0.15, 0.2) is 0 Å². The number of hydrogen-bond donors (Lipinski definition) is 3. The molecule has 0 amide bonds. The van der Waals surface area contributed by atoms with Gasteiger partial charge in [0.2, 0.25) is 0 Å². The highest BCUT2D eigenvalue weighted by atomic mass is 19.1. The third-order valence-corrected chi connectivity index (χ3v) is 5.63. The number of ether oxygens (including phenoxy) is 1. The largest absolute Gasteiger partial charge is 0.389 e. The summed E-state index contributed by atoms with van der Waals surface area (Å²) in [5.74, 6) is -0.669. The molecule has 0 aromatic heterocycles. The summed E-state index contributed by atoms with van der Waals surface area (Å²) in [5.41, 5.74) is 1.54. The van der Waals surface area contributed by atoms with Gasteiger partial charge in [-0.3, -0.25) is 0 Å². The number of nitrogens with one attached hydrogen (secondary N) is 2. The summed E-state index contributed by atoms with van der Waals surface area (Å²) in [6, 6.07) is 12.4. The lowest BCUT2D eigenvalue weighted by molar-refractivity contribution is 0.00376. The number of aliphatic hydroxyl groups is 1. The van der Waals surface area contributed by atoms with Crippen LogP contribution in [0, 0.1) is 11.6 Å². The molecule has 0 bridgehead atoms. The number of rotatable bonds is 8. The van der Waals surface area contributed by atoms with Crippen LogP contribution in [0.1, 0.15) is 57.8 Å². The van der Waals surface area contributed by atoms with Crippen LogP contribution in [-0.4, -0.2) is 41.5 Å². The van der Waals surface area contributed by atoms with Crippen LogP contribution < -0.4 is 10.6 Å². The van der Waals surface area contributed by atoms with Gasteiger partial charge in [0.05, 0.1) is 12.7 Å². The van der Waals surface area contributed by atoms with Crippen molar-refractivity contribution in [1.82, 2.24) is 10.6 Å². The Hall–Kier alpha value is -1.86. The smallest absolute Gasteiger partial charge is 0.123 e. The first-order chi connectivity index (χ1) is 14.5. The monoisotopic (exact) mass is 432 g/mol. The van der Waals surface area contributed by atoms with Crippen LogP contribution in [0.2, 0.25) is 0 Å². The van der Waals surface area contributed by atoms with Gasteiger partial charge < -0.3 is 20.5 Å². The zero-order valence-corrected chi connectivity index (χ0v) is 18.8. The van der Waals surface area contributed by atoms with E-state index in [1.165, 1.54) is 24.3 Å². The summed E-state index contributed by atoms with van der Waals surface area (Å²) in [6.07, 6.45) is 0.715. The highest BCUT2D eigenvalue weighted by Crippen LogP contribution is 2.29. The molecular formula is C25H34F2N2O2. The lowest BCUT2D eigenvalue weighted by Crippen LogP contribution is -2.62. The Bertz CT molecular complexity index is 776. The average Bonchev–Trinajstić information content (AvgIpc) is 2.67. The number of halogens is 2. The average molecular weight is 433 g/mol. The van der Waals surface area contributed by atoms with Crippen molar-refractivity contribution in [2.45, 2.75) is 69.9 Å². The van der Waals surface area contributed by atoms with Gasteiger partial charge >= 0.3 is 0 Å². The van der Waals surface area contributed by atoms with Crippen LogP contribution >= 0.6 is 0 Å². The number of aliphatic hydroxyl groups excluding tert-OH is 1. The molecule has 1 saturated heterocycles. The van der Waals surface area contributed by atoms with E-state index in [1.807, 2.05) is 0 Å². The molecule has 1 aliphatic heterocycles. The van der Waals surface area contributed by atoms with Gasteiger partial charge in [-0.1, -0.05) is 24.3 Å². The lowest BCUT2D eigenvalue weighted by Gasteiger charge is -2.47. The van der Waals surface area contributed by atoms with Crippen molar-refractivity contribution in [2.75, 3.05) is 13.2 Å². The molecule has 2 aromatic carbocycles. The summed E-state index contributed by atoms with van der Waals surface area (Å²) >= 11 is 0. The summed E-state index contributed by atoms with van der Waals surface area (Å²) < 4.78 is 32.8. The predicted octanol–water partition coefficient (Wildman–Crippen LogP) is 4.33. The molecule has 6 heteroatoms. The van der Waals surface area contributed by atoms with E-state index in [1.54, 1.807) is 24.3 Å². The van der Waals surface area contributed by atoms with Crippen molar-refractivity contribution < 1.29 is 18.6 Å². The summed E-state index contributed by atoms with van der Waals surface area (Å²) in [6.45, 7) is 9.28. The molecule has 0 unspecified atom stereocenters. The molecule has 2 aromatic rings. The Morgan fingerprint density at radius 3 is 1.84 bits per heavy atom. The van der Waals surface area contributed by atoms with Crippen molar-refractivity contribution >= 4 is 0 Å². The maximum absolute atomic E-state index is 13.4. The molecule has 3 N–H and O–H groups in total. The first-order valence-corrected chi connectivity index (χ1v) is 10.9. The first-order valence-electron chi connectivity index (χ1n) is 10.9. The van der Waals surface area contributed by atoms with Gasteiger partial charge in [-0.25, -0.2) is 8.78 Å². The zero-order chi connectivity index (χ0) is 22.6. The minimum Gasteiger partial charge on any atom is -0.389 e. The zero-order valence-electron chi connectivity index (χ0n) is 18.8. The van der Waals surface area contributed by atoms with Crippen LogP contribution in [0.5, 0.6) is 0 Å². The SMILES string of the molecule is CC1(C)CC(NC[C@@H](O)COC(c2ccc(F)cc2)c2ccc(F)cc2)CC(C)(C)N1. The van der Waals surface area contributed by atoms with Crippen LogP contribution in [0.4, 0.5) is 8.78 Å². The molecule has 1 atom stereocenters. The maximum Gasteiger partial charge on any atom is 0.123 e. The Balaban J connectivity index is 1.60. The van der Waals surface area contributed by atoms with E-state index < -0.39 is 12.2 Å². The quantitative estimate of drug-likeness (QED) is 0.581. The second-order valence-electron chi connectivity index (χ2n) is 9.88. The topological polar surface area (TPSA) is 53.5 Å². The van der Waals surface area contributed by atoms with E-state index in [9.17, 15) is 13.9 Å². The van der Waals surface area contributed by atoms with Crippen molar-refractivity contribution in [3.8, 4) is 0 Å². The van der Waals surface area contributed by atoms with Crippen LogP contribution in [0.15, 0.2) is 48.5 Å². The normalized spacial score (nSPS) is 19.5. The fourth-order valence-electron chi connectivity index (χ4n) is 4.70.